The first-order valence-corrected chi connectivity index (χ1v) is 7.67. The normalized spacial score (nSPS) is 11.6. The second-order valence-electron chi connectivity index (χ2n) is 4.74. The van der Waals surface area contributed by atoms with Crippen molar-refractivity contribution in [3.8, 4) is 0 Å². The van der Waals surface area contributed by atoms with E-state index in [1.807, 2.05) is 18.2 Å². The largest absolute Gasteiger partial charge is 0.378 e. The highest BCUT2D eigenvalue weighted by atomic mass is 79.9. The van der Waals surface area contributed by atoms with E-state index in [4.69, 9.17) is 17.3 Å². The van der Waals surface area contributed by atoms with Crippen LogP contribution >= 0.6 is 27.5 Å². The summed E-state index contributed by atoms with van der Waals surface area (Å²) in [6.07, 6.45) is 4.39. The van der Waals surface area contributed by atoms with Gasteiger partial charge in [-0.15, -0.1) is 0 Å². The number of nitrogens with one attached hydrogen (secondary N) is 1. The average molecular weight is 334 g/mol. The molecule has 0 aliphatic rings. The molecule has 4 heteroatoms. The minimum absolute atomic E-state index is 0.0132. The maximum atomic E-state index is 6.12. The molecule has 0 amide bonds. The molecular weight excluding hydrogens is 312 g/mol. The van der Waals surface area contributed by atoms with E-state index in [1.54, 1.807) is 0 Å². The Labute approximate surface area is 123 Å². The van der Waals surface area contributed by atoms with Crippen molar-refractivity contribution in [3.05, 3.63) is 27.7 Å². The van der Waals surface area contributed by atoms with E-state index in [1.165, 1.54) is 0 Å². The molecule has 102 valence electrons. The van der Waals surface area contributed by atoms with Crippen LogP contribution in [0.15, 0.2) is 22.7 Å². The lowest BCUT2D eigenvalue weighted by Gasteiger charge is -2.34. The minimum atomic E-state index is -0.0132. The van der Waals surface area contributed by atoms with Gasteiger partial charge in [-0.1, -0.05) is 38.3 Å². The molecule has 0 aliphatic carbocycles. The third-order valence-electron chi connectivity index (χ3n) is 3.18. The van der Waals surface area contributed by atoms with Gasteiger partial charge in [-0.3, -0.25) is 0 Å². The predicted octanol–water partition coefficient (Wildman–Crippen LogP) is 4.81. The van der Waals surface area contributed by atoms with Crippen molar-refractivity contribution in [1.29, 1.82) is 0 Å². The molecular formula is C14H22BrClN2. The van der Waals surface area contributed by atoms with Crippen molar-refractivity contribution in [2.75, 3.05) is 11.9 Å². The number of halogens is 2. The zero-order chi connectivity index (χ0) is 13.6. The Hall–Kier alpha value is -0.250. The molecule has 1 aromatic carbocycles. The lowest BCUT2D eigenvalue weighted by atomic mass is 9.88. The minimum Gasteiger partial charge on any atom is -0.378 e. The van der Waals surface area contributed by atoms with Gasteiger partial charge in [-0.05, 0) is 47.0 Å². The van der Waals surface area contributed by atoms with Crippen molar-refractivity contribution in [2.45, 2.75) is 45.1 Å². The number of nitrogens with two attached hydrogens (primary N) is 1. The van der Waals surface area contributed by atoms with Gasteiger partial charge in [-0.25, -0.2) is 0 Å². The molecule has 0 unspecified atom stereocenters. The van der Waals surface area contributed by atoms with E-state index >= 15 is 0 Å². The first kappa shape index (κ1) is 15.8. The van der Waals surface area contributed by atoms with Crippen LogP contribution < -0.4 is 11.1 Å². The number of rotatable bonds is 7. The van der Waals surface area contributed by atoms with E-state index in [2.05, 4.69) is 35.1 Å². The fourth-order valence-electron chi connectivity index (χ4n) is 2.34. The maximum Gasteiger partial charge on any atom is 0.0568 e. The number of anilines is 1. The van der Waals surface area contributed by atoms with Gasteiger partial charge in [0.05, 0.1) is 5.02 Å². The molecule has 18 heavy (non-hydrogen) atoms. The lowest BCUT2D eigenvalue weighted by molar-refractivity contribution is 0.401. The van der Waals surface area contributed by atoms with E-state index in [9.17, 15) is 0 Å². The molecule has 0 fully saturated rings. The highest BCUT2D eigenvalue weighted by molar-refractivity contribution is 9.10. The van der Waals surface area contributed by atoms with Crippen LogP contribution in [0, 0.1) is 0 Å². The number of benzene rings is 1. The second kappa shape index (κ2) is 7.37. The summed E-state index contributed by atoms with van der Waals surface area (Å²) in [5, 5.41) is 4.30. The number of hydrogen-bond acceptors (Lipinski definition) is 2. The Balaban J connectivity index is 2.90. The molecule has 1 aromatic rings. The second-order valence-corrected chi connectivity index (χ2v) is 6.00. The molecule has 0 aromatic heterocycles. The van der Waals surface area contributed by atoms with Crippen LogP contribution in [0.25, 0.3) is 0 Å². The standard InChI is InChI=1S/C14H22BrClN2/c1-3-7-14(10-17,8-4-2)18-11-5-6-12(15)13(16)9-11/h5-6,9,18H,3-4,7-8,10,17H2,1-2H3. The van der Waals surface area contributed by atoms with Crippen molar-refractivity contribution < 1.29 is 0 Å². The van der Waals surface area contributed by atoms with Crippen LogP contribution in [-0.4, -0.2) is 12.1 Å². The average Bonchev–Trinajstić information content (AvgIpc) is 2.34. The first-order valence-electron chi connectivity index (χ1n) is 6.50. The predicted molar refractivity (Wildman–Crippen MR) is 84.4 cm³/mol. The molecule has 3 N–H and O–H groups in total. The fraction of sp³-hybridized carbons (Fsp3) is 0.571. The smallest absolute Gasteiger partial charge is 0.0568 e. The SMILES string of the molecule is CCCC(CN)(CCC)Nc1ccc(Br)c(Cl)c1. The zero-order valence-corrected chi connectivity index (χ0v) is 13.4. The summed E-state index contributed by atoms with van der Waals surface area (Å²) in [6.45, 7) is 5.02. The fourth-order valence-corrected chi connectivity index (χ4v) is 2.77. The van der Waals surface area contributed by atoms with E-state index in [0.29, 0.717) is 6.54 Å². The molecule has 0 heterocycles. The van der Waals surface area contributed by atoms with Crippen molar-refractivity contribution in [2.24, 2.45) is 5.73 Å². The molecule has 0 spiro atoms. The van der Waals surface area contributed by atoms with Gasteiger partial charge in [0.25, 0.3) is 0 Å². The first-order chi connectivity index (χ1) is 8.56. The molecule has 0 aliphatic heterocycles. The Morgan fingerprint density at radius 2 is 1.89 bits per heavy atom. The molecule has 1 rings (SSSR count). The Kier molecular flexibility index (Phi) is 6.47. The van der Waals surface area contributed by atoms with Crippen molar-refractivity contribution in [1.82, 2.24) is 0 Å². The summed E-state index contributed by atoms with van der Waals surface area (Å²) < 4.78 is 0.916. The van der Waals surface area contributed by atoms with E-state index < -0.39 is 0 Å². The summed E-state index contributed by atoms with van der Waals surface area (Å²) in [6, 6.07) is 5.94. The quantitative estimate of drug-likeness (QED) is 0.751. The molecule has 2 nitrogen and oxygen atoms in total. The van der Waals surface area contributed by atoms with Gasteiger partial charge in [0.15, 0.2) is 0 Å². The summed E-state index contributed by atoms with van der Waals surface area (Å²) in [5.74, 6) is 0. The van der Waals surface area contributed by atoms with Crippen LogP contribution in [0.5, 0.6) is 0 Å². The molecule has 0 atom stereocenters. The molecule has 0 saturated carbocycles. The third-order valence-corrected chi connectivity index (χ3v) is 4.41. The lowest BCUT2D eigenvalue weighted by Crippen LogP contribution is -2.45. The monoisotopic (exact) mass is 332 g/mol. The van der Waals surface area contributed by atoms with Gasteiger partial charge in [-0.2, -0.15) is 0 Å². The van der Waals surface area contributed by atoms with Crippen LogP contribution in [0.3, 0.4) is 0 Å². The van der Waals surface area contributed by atoms with Gasteiger partial charge >= 0.3 is 0 Å². The summed E-state index contributed by atoms with van der Waals surface area (Å²) in [5.41, 5.74) is 7.02. The van der Waals surface area contributed by atoms with Gasteiger partial charge in [0.2, 0.25) is 0 Å². The zero-order valence-electron chi connectivity index (χ0n) is 11.1. The maximum absolute atomic E-state index is 6.12. The molecule has 0 bridgehead atoms. The Bertz CT molecular complexity index is 376. The van der Waals surface area contributed by atoms with Gasteiger partial charge < -0.3 is 11.1 Å². The summed E-state index contributed by atoms with van der Waals surface area (Å²) in [7, 11) is 0. The highest BCUT2D eigenvalue weighted by Gasteiger charge is 2.26. The molecule has 0 saturated heterocycles. The van der Waals surface area contributed by atoms with Crippen molar-refractivity contribution >= 4 is 33.2 Å². The van der Waals surface area contributed by atoms with Crippen molar-refractivity contribution in [3.63, 3.8) is 0 Å². The van der Waals surface area contributed by atoms with Gasteiger partial charge in [0, 0.05) is 22.2 Å². The number of hydrogen-bond donors (Lipinski definition) is 2. The van der Waals surface area contributed by atoms with Gasteiger partial charge in [0.1, 0.15) is 0 Å². The van der Waals surface area contributed by atoms with E-state index in [-0.39, 0.29) is 5.54 Å². The third kappa shape index (κ3) is 4.15. The van der Waals surface area contributed by atoms with Crippen LogP contribution in [0.2, 0.25) is 5.02 Å². The Morgan fingerprint density at radius 1 is 1.28 bits per heavy atom. The Morgan fingerprint density at radius 3 is 2.33 bits per heavy atom. The van der Waals surface area contributed by atoms with Crippen LogP contribution in [0.4, 0.5) is 5.69 Å². The topological polar surface area (TPSA) is 38.0 Å². The molecule has 0 radical (unpaired) electrons. The summed E-state index contributed by atoms with van der Waals surface area (Å²) >= 11 is 9.53. The summed E-state index contributed by atoms with van der Waals surface area (Å²) in [4.78, 5) is 0. The van der Waals surface area contributed by atoms with Crippen LogP contribution in [0.1, 0.15) is 39.5 Å². The van der Waals surface area contributed by atoms with Crippen LogP contribution in [-0.2, 0) is 0 Å². The van der Waals surface area contributed by atoms with E-state index in [0.717, 1.165) is 40.9 Å². The highest BCUT2D eigenvalue weighted by Crippen LogP contribution is 2.29.